The summed E-state index contributed by atoms with van der Waals surface area (Å²) in [4.78, 5) is 19.8. The van der Waals surface area contributed by atoms with Crippen LogP contribution < -0.4 is 0 Å². The van der Waals surface area contributed by atoms with Crippen molar-refractivity contribution in [1.29, 1.82) is 0 Å². The van der Waals surface area contributed by atoms with Crippen LogP contribution in [0, 0.1) is 13.8 Å². The summed E-state index contributed by atoms with van der Waals surface area (Å²) >= 11 is 0. The highest BCUT2D eigenvalue weighted by Crippen LogP contribution is 2.20. The summed E-state index contributed by atoms with van der Waals surface area (Å²) in [7, 11) is 2.03. The zero-order valence-electron chi connectivity index (χ0n) is 20.2. The summed E-state index contributed by atoms with van der Waals surface area (Å²) in [5.74, 6) is 0.211. The van der Waals surface area contributed by atoms with Gasteiger partial charge < -0.3 is 4.90 Å². The normalized spacial score (nSPS) is 15.7. The lowest BCUT2D eigenvalue weighted by Gasteiger charge is -2.37. The average Bonchev–Trinajstić information content (AvgIpc) is 3.13. The number of aromatic nitrogens is 2. The van der Waals surface area contributed by atoms with E-state index in [9.17, 15) is 4.79 Å². The van der Waals surface area contributed by atoms with Gasteiger partial charge in [0.2, 0.25) is 5.91 Å². The van der Waals surface area contributed by atoms with E-state index in [1.807, 2.05) is 54.7 Å². The Bertz CT molecular complexity index is 1050. The lowest BCUT2D eigenvalue weighted by molar-refractivity contribution is -0.138. The molecule has 33 heavy (non-hydrogen) atoms. The number of aryl methyl sites for hydroxylation is 1. The van der Waals surface area contributed by atoms with Crippen molar-refractivity contribution in [1.82, 2.24) is 24.5 Å². The Kier molecular flexibility index (Phi) is 7.26. The molecule has 2 heterocycles. The van der Waals surface area contributed by atoms with E-state index in [-0.39, 0.29) is 11.9 Å². The van der Waals surface area contributed by atoms with Gasteiger partial charge in [-0.25, -0.2) is 4.68 Å². The van der Waals surface area contributed by atoms with Gasteiger partial charge in [0, 0.05) is 50.5 Å². The number of para-hydroxylation sites is 1. The fourth-order valence-electron chi connectivity index (χ4n) is 4.53. The molecule has 1 aliphatic heterocycles. The molecule has 1 fully saturated rings. The second-order valence-electron chi connectivity index (χ2n) is 9.07. The number of carbonyl (C=O) groups excluding carboxylic acids is 1. The van der Waals surface area contributed by atoms with Gasteiger partial charge in [-0.3, -0.25) is 14.6 Å². The first kappa shape index (κ1) is 23.2. The highest BCUT2D eigenvalue weighted by atomic mass is 16.2. The van der Waals surface area contributed by atoms with Crippen LogP contribution in [-0.4, -0.2) is 69.7 Å². The molecule has 0 N–H and O–H groups in total. The summed E-state index contributed by atoms with van der Waals surface area (Å²) in [6.45, 7) is 11.2. The monoisotopic (exact) mass is 445 g/mol. The van der Waals surface area contributed by atoms with Gasteiger partial charge in [-0.15, -0.1) is 0 Å². The molecule has 174 valence electrons. The summed E-state index contributed by atoms with van der Waals surface area (Å²) in [6.07, 6.45) is 0. The summed E-state index contributed by atoms with van der Waals surface area (Å²) in [6, 6.07) is 20.6. The van der Waals surface area contributed by atoms with Gasteiger partial charge >= 0.3 is 0 Å². The van der Waals surface area contributed by atoms with Crippen molar-refractivity contribution in [2.75, 3.05) is 33.2 Å². The standard InChI is InChI=1S/C27H35N5O/c1-21-26(22(2)32(28-21)25-13-9-6-10-14-25)20-29(4)23(3)27(33)31-17-15-30(16-18-31)19-24-11-7-5-8-12-24/h5-14,23H,15-20H2,1-4H3/t23-/m1/s1. The van der Waals surface area contributed by atoms with Crippen LogP contribution in [0.5, 0.6) is 0 Å². The van der Waals surface area contributed by atoms with Crippen LogP contribution in [0.15, 0.2) is 60.7 Å². The van der Waals surface area contributed by atoms with E-state index in [0.717, 1.165) is 49.8 Å². The Hall–Kier alpha value is -2.96. The molecule has 2 aromatic carbocycles. The van der Waals surface area contributed by atoms with Crippen molar-refractivity contribution < 1.29 is 4.79 Å². The molecule has 1 aliphatic rings. The number of amides is 1. The van der Waals surface area contributed by atoms with Gasteiger partial charge in [-0.05, 0) is 45.5 Å². The van der Waals surface area contributed by atoms with E-state index in [1.165, 1.54) is 11.1 Å². The minimum absolute atomic E-state index is 0.176. The first-order chi connectivity index (χ1) is 15.9. The maximum absolute atomic E-state index is 13.2. The Morgan fingerprint density at radius 3 is 2.21 bits per heavy atom. The van der Waals surface area contributed by atoms with Crippen LogP contribution in [0.25, 0.3) is 5.69 Å². The molecule has 0 spiro atoms. The van der Waals surface area contributed by atoms with Crippen molar-refractivity contribution in [3.8, 4) is 5.69 Å². The molecular formula is C27H35N5O. The highest BCUT2D eigenvalue weighted by molar-refractivity contribution is 5.81. The topological polar surface area (TPSA) is 44.6 Å². The Morgan fingerprint density at radius 2 is 1.58 bits per heavy atom. The Balaban J connectivity index is 1.34. The molecule has 6 heteroatoms. The molecule has 0 saturated carbocycles. The molecule has 1 atom stereocenters. The number of benzene rings is 2. The van der Waals surface area contributed by atoms with Gasteiger partial charge in [-0.2, -0.15) is 5.10 Å². The molecule has 6 nitrogen and oxygen atoms in total. The largest absolute Gasteiger partial charge is 0.339 e. The molecule has 4 rings (SSSR count). The van der Waals surface area contributed by atoms with Crippen LogP contribution in [0.2, 0.25) is 0 Å². The SMILES string of the molecule is Cc1nn(-c2ccccc2)c(C)c1CN(C)[C@H](C)C(=O)N1CCN(Cc2ccccc2)CC1. The predicted molar refractivity (Wildman–Crippen MR) is 132 cm³/mol. The molecule has 0 bridgehead atoms. The summed E-state index contributed by atoms with van der Waals surface area (Å²) < 4.78 is 2.00. The third kappa shape index (κ3) is 5.34. The fraction of sp³-hybridized carbons (Fsp3) is 0.407. The van der Waals surface area contributed by atoms with Gasteiger partial charge in [0.25, 0.3) is 0 Å². The number of hydrogen-bond acceptors (Lipinski definition) is 4. The molecule has 1 saturated heterocycles. The molecule has 0 unspecified atom stereocenters. The molecule has 0 aliphatic carbocycles. The Morgan fingerprint density at radius 1 is 0.970 bits per heavy atom. The van der Waals surface area contributed by atoms with Crippen molar-refractivity contribution >= 4 is 5.91 Å². The molecule has 1 amide bonds. The number of rotatable bonds is 7. The zero-order valence-corrected chi connectivity index (χ0v) is 20.2. The van der Waals surface area contributed by atoms with Crippen LogP contribution in [0.1, 0.15) is 29.4 Å². The van der Waals surface area contributed by atoms with Crippen molar-refractivity contribution in [3.63, 3.8) is 0 Å². The third-order valence-corrected chi connectivity index (χ3v) is 6.80. The first-order valence-electron chi connectivity index (χ1n) is 11.8. The fourth-order valence-corrected chi connectivity index (χ4v) is 4.53. The Labute approximate surface area is 197 Å². The molecule has 1 aromatic heterocycles. The molecule has 3 aromatic rings. The second kappa shape index (κ2) is 10.3. The van der Waals surface area contributed by atoms with Crippen LogP contribution in [-0.2, 0) is 17.9 Å². The van der Waals surface area contributed by atoms with Gasteiger partial charge in [0.05, 0.1) is 17.4 Å². The third-order valence-electron chi connectivity index (χ3n) is 6.80. The van der Waals surface area contributed by atoms with Crippen molar-refractivity contribution in [2.45, 2.75) is 39.9 Å². The smallest absolute Gasteiger partial charge is 0.239 e. The van der Waals surface area contributed by atoms with Crippen LogP contribution >= 0.6 is 0 Å². The maximum atomic E-state index is 13.2. The van der Waals surface area contributed by atoms with Crippen LogP contribution in [0.4, 0.5) is 0 Å². The van der Waals surface area contributed by atoms with E-state index >= 15 is 0 Å². The minimum atomic E-state index is -0.176. The average molecular weight is 446 g/mol. The van der Waals surface area contributed by atoms with Gasteiger partial charge in [-0.1, -0.05) is 48.5 Å². The predicted octanol–water partition coefficient (Wildman–Crippen LogP) is 3.65. The second-order valence-corrected chi connectivity index (χ2v) is 9.07. The lowest BCUT2D eigenvalue weighted by Crippen LogP contribution is -2.53. The van der Waals surface area contributed by atoms with Gasteiger partial charge in [0.15, 0.2) is 0 Å². The van der Waals surface area contributed by atoms with Gasteiger partial charge in [0.1, 0.15) is 0 Å². The first-order valence-corrected chi connectivity index (χ1v) is 11.8. The van der Waals surface area contributed by atoms with Crippen LogP contribution in [0.3, 0.4) is 0 Å². The number of carbonyl (C=O) groups is 1. The minimum Gasteiger partial charge on any atom is -0.339 e. The van der Waals surface area contributed by atoms with E-state index < -0.39 is 0 Å². The molecule has 0 radical (unpaired) electrons. The van der Waals surface area contributed by atoms with E-state index in [0.29, 0.717) is 6.54 Å². The lowest BCUT2D eigenvalue weighted by atomic mass is 10.1. The molecular weight excluding hydrogens is 410 g/mol. The maximum Gasteiger partial charge on any atom is 0.239 e. The number of likely N-dealkylation sites (N-methyl/N-ethyl adjacent to an activating group) is 1. The number of nitrogens with zero attached hydrogens (tertiary/aromatic N) is 5. The van der Waals surface area contributed by atoms with Crippen molar-refractivity contribution in [2.24, 2.45) is 0 Å². The summed E-state index contributed by atoms with van der Waals surface area (Å²) in [5.41, 5.74) is 5.71. The van der Waals surface area contributed by atoms with E-state index in [1.54, 1.807) is 0 Å². The summed E-state index contributed by atoms with van der Waals surface area (Å²) in [5, 5.41) is 4.76. The number of hydrogen-bond donors (Lipinski definition) is 0. The van der Waals surface area contributed by atoms with E-state index in [4.69, 9.17) is 5.10 Å². The van der Waals surface area contributed by atoms with Crippen molar-refractivity contribution in [3.05, 3.63) is 83.2 Å². The highest BCUT2D eigenvalue weighted by Gasteiger charge is 2.28. The zero-order chi connectivity index (χ0) is 23.4. The van der Waals surface area contributed by atoms with E-state index in [2.05, 4.69) is 53.1 Å². The number of piperazine rings is 1. The quantitative estimate of drug-likeness (QED) is 0.557.